The summed E-state index contributed by atoms with van der Waals surface area (Å²) in [5.41, 5.74) is 2.01. The second-order valence-corrected chi connectivity index (χ2v) is 6.04. The molecule has 1 unspecified atom stereocenters. The van der Waals surface area contributed by atoms with Crippen molar-refractivity contribution >= 4 is 34.0 Å². The quantitative estimate of drug-likeness (QED) is 0.669. The highest BCUT2D eigenvalue weighted by Crippen LogP contribution is 2.29. The van der Waals surface area contributed by atoms with Gasteiger partial charge in [-0.25, -0.2) is 9.97 Å². The number of thiazole rings is 1. The van der Waals surface area contributed by atoms with Gasteiger partial charge in [0.25, 0.3) is 0 Å². The van der Waals surface area contributed by atoms with Gasteiger partial charge in [0.05, 0.1) is 24.2 Å². The number of rotatable bonds is 5. The zero-order valence-electron chi connectivity index (χ0n) is 11.9. The van der Waals surface area contributed by atoms with Crippen LogP contribution in [0.15, 0.2) is 29.8 Å². The topological polar surface area (TPSA) is 39.9 Å². The van der Waals surface area contributed by atoms with Gasteiger partial charge in [-0.15, -0.1) is 22.9 Å². The lowest BCUT2D eigenvalue weighted by molar-refractivity contribution is 0.415. The number of aryl methyl sites for hydroxylation is 1. The summed E-state index contributed by atoms with van der Waals surface area (Å²) in [6.45, 7) is 2.14. The maximum atomic E-state index is 5.93. The van der Waals surface area contributed by atoms with E-state index in [1.54, 1.807) is 18.4 Å². The van der Waals surface area contributed by atoms with Crippen molar-refractivity contribution in [1.29, 1.82) is 0 Å². The van der Waals surface area contributed by atoms with Gasteiger partial charge in [-0.1, -0.05) is 0 Å². The number of hydrogen-bond donors (Lipinski definition) is 0. The summed E-state index contributed by atoms with van der Waals surface area (Å²) in [6, 6.07) is 6.10. The third kappa shape index (κ3) is 2.63. The Balaban J connectivity index is 2.16. The van der Waals surface area contributed by atoms with Crippen molar-refractivity contribution in [3.8, 4) is 5.75 Å². The van der Waals surface area contributed by atoms with Crippen LogP contribution in [0.4, 0.5) is 0 Å². The predicted molar refractivity (Wildman–Crippen MR) is 86.6 cm³/mol. The molecule has 0 aliphatic rings. The zero-order valence-corrected chi connectivity index (χ0v) is 13.5. The number of benzene rings is 1. The number of imidazole rings is 1. The lowest BCUT2D eigenvalue weighted by Crippen LogP contribution is -2.11. The van der Waals surface area contributed by atoms with Gasteiger partial charge in [-0.3, -0.25) is 0 Å². The first kappa shape index (κ1) is 14.4. The fourth-order valence-corrected chi connectivity index (χ4v) is 3.35. The fraction of sp³-hybridized carbons (Fsp3) is 0.333. The average Bonchev–Trinajstić information content (AvgIpc) is 3.13. The standard InChI is InChI=1S/C15H16ClN3OS/c1-10(15-17-7-8-21-15)19-13-4-3-11(20-2)9-12(13)18-14(19)5-6-16/h3-4,7-10H,5-6H2,1-2H3. The Hall–Kier alpha value is -1.59. The molecular weight excluding hydrogens is 306 g/mol. The van der Waals surface area contributed by atoms with Crippen LogP contribution in [0.25, 0.3) is 11.0 Å². The number of nitrogens with zero attached hydrogens (tertiary/aromatic N) is 3. The molecule has 3 aromatic rings. The van der Waals surface area contributed by atoms with Crippen molar-refractivity contribution in [2.75, 3.05) is 13.0 Å². The van der Waals surface area contributed by atoms with Crippen molar-refractivity contribution in [1.82, 2.24) is 14.5 Å². The highest BCUT2D eigenvalue weighted by Gasteiger charge is 2.19. The first-order valence-corrected chi connectivity index (χ1v) is 8.16. The molecule has 0 radical (unpaired) electrons. The van der Waals surface area contributed by atoms with E-state index in [0.717, 1.165) is 34.0 Å². The molecule has 21 heavy (non-hydrogen) atoms. The molecular formula is C15H16ClN3OS. The minimum atomic E-state index is 0.140. The largest absolute Gasteiger partial charge is 0.497 e. The van der Waals surface area contributed by atoms with Gasteiger partial charge in [0.15, 0.2) is 0 Å². The first-order chi connectivity index (χ1) is 10.2. The molecule has 0 saturated carbocycles. The molecule has 0 amide bonds. The molecule has 110 valence electrons. The van der Waals surface area contributed by atoms with Crippen molar-refractivity contribution in [3.63, 3.8) is 0 Å². The fourth-order valence-electron chi connectivity index (χ4n) is 2.50. The van der Waals surface area contributed by atoms with Crippen LogP contribution in [0.3, 0.4) is 0 Å². The van der Waals surface area contributed by atoms with Gasteiger partial charge >= 0.3 is 0 Å². The monoisotopic (exact) mass is 321 g/mol. The van der Waals surface area contributed by atoms with Gasteiger partial charge in [0, 0.05) is 29.9 Å². The number of ether oxygens (including phenoxy) is 1. The average molecular weight is 322 g/mol. The normalized spacial score (nSPS) is 12.7. The second kappa shape index (κ2) is 6.03. The minimum absolute atomic E-state index is 0.140. The summed E-state index contributed by atoms with van der Waals surface area (Å²) in [7, 11) is 1.66. The van der Waals surface area contributed by atoms with E-state index < -0.39 is 0 Å². The minimum Gasteiger partial charge on any atom is -0.497 e. The van der Waals surface area contributed by atoms with E-state index in [9.17, 15) is 0 Å². The molecule has 2 aromatic heterocycles. The van der Waals surface area contributed by atoms with Crippen molar-refractivity contribution in [3.05, 3.63) is 40.6 Å². The highest BCUT2D eigenvalue weighted by atomic mass is 35.5. The van der Waals surface area contributed by atoms with Gasteiger partial charge in [0.1, 0.15) is 16.6 Å². The number of aromatic nitrogens is 3. The van der Waals surface area contributed by atoms with Crippen LogP contribution >= 0.6 is 22.9 Å². The summed E-state index contributed by atoms with van der Waals surface area (Å²) < 4.78 is 7.50. The number of methoxy groups -OCH3 is 1. The maximum Gasteiger partial charge on any atom is 0.121 e. The van der Waals surface area contributed by atoms with E-state index in [1.807, 2.05) is 29.8 Å². The van der Waals surface area contributed by atoms with Gasteiger partial charge in [0.2, 0.25) is 0 Å². The highest BCUT2D eigenvalue weighted by molar-refractivity contribution is 7.09. The number of fused-ring (bicyclic) bond motifs is 1. The second-order valence-electron chi connectivity index (χ2n) is 4.74. The molecule has 0 bridgehead atoms. The van der Waals surface area contributed by atoms with Crippen LogP contribution in [-0.4, -0.2) is 27.5 Å². The SMILES string of the molecule is COc1ccc2c(c1)nc(CCCl)n2C(C)c1nccs1. The lowest BCUT2D eigenvalue weighted by atomic mass is 10.2. The lowest BCUT2D eigenvalue weighted by Gasteiger charge is -2.15. The van der Waals surface area contributed by atoms with Crippen LogP contribution in [0.2, 0.25) is 0 Å². The smallest absolute Gasteiger partial charge is 0.121 e. The summed E-state index contributed by atoms with van der Waals surface area (Å²) >= 11 is 7.59. The predicted octanol–water partition coefficient (Wildman–Crippen LogP) is 3.89. The molecule has 1 atom stereocenters. The van der Waals surface area contributed by atoms with E-state index in [4.69, 9.17) is 21.3 Å². The third-order valence-electron chi connectivity index (χ3n) is 3.48. The Bertz CT molecular complexity index is 739. The maximum absolute atomic E-state index is 5.93. The van der Waals surface area contributed by atoms with Gasteiger partial charge in [-0.2, -0.15) is 0 Å². The van der Waals surface area contributed by atoms with Crippen molar-refractivity contribution in [2.45, 2.75) is 19.4 Å². The molecule has 0 saturated heterocycles. The molecule has 0 spiro atoms. The Kier molecular flexibility index (Phi) is 4.12. The van der Waals surface area contributed by atoms with Gasteiger partial charge in [-0.05, 0) is 19.1 Å². The van der Waals surface area contributed by atoms with Crippen LogP contribution in [0, 0.1) is 0 Å². The Morgan fingerprint density at radius 2 is 2.29 bits per heavy atom. The number of halogens is 1. The van der Waals surface area contributed by atoms with E-state index >= 15 is 0 Å². The van der Waals surface area contributed by atoms with Crippen LogP contribution in [0.1, 0.15) is 23.8 Å². The third-order valence-corrected chi connectivity index (χ3v) is 4.62. The van der Waals surface area contributed by atoms with Crippen LogP contribution in [-0.2, 0) is 6.42 Å². The Labute approximate surface area is 132 Å². The van der Waals surface area contributed by atoms with Gasteiger partial charge < -0.3 is 9.30 Å². The summed E-state index contributed by atoms with van der Waals surface area (Å²) in [5, 5.41) is 3.07. The molecule has 3 rings (SSSR count). The molecule has 0 fully saturated rings. The number of alkyl halides is 1. The molecule has 0 N–H and O–H groups in total. The number of hydrogen-bond acceptors (Lipinski definition) is 4. The van der Waals surface area contributed by atoms with Crippen LogP contribution in [0.5, 0.6) is 5.75 Å². The zero-order chi connectivity index (χ0) is 14.8. The van der Waals surface area contributed by atoms with Crippen molar-refractivity contribution in [2.24, 2.45) is 0 Å². The van der Waals surface area contributed by atoms with Crippen LogP contribution < -0.4 is 4.74 Å². The molecule has 6 heteroatoms. The van der Waals surface area contributed by atoms with E-state index in [0.29, 0.717) is 5.88 Å². The molecule has 1 aromatic carbocycles. The summed E-state index contributed by atoms with van der Waals surface area (Å²) in [4.78, 5) is 9.14. The summed E-state index contributed by atoms with van der Waals surface area (Å²) in [6.07, 6.45) is 2.56. The first-order valence-electron chi connectivity index (χ1n) is 6.74. The molecule has 4 nitrogen and oxygen atoms in total. The Morgan fingerprint density at radius 1 is 1.43 bits per heavy atom. The molecule has 0 aliphatic carbocycles. The molecule has 0 aliphatic heterocycles. The van der Waals surface area contributed by atoms with E-state index in [2.05, 4.69) is 16.5 Å². The molecule has 2 heterocycles. The summed E-state index contributed by atoms with van der Waals surface area (Å²) in [5.74, 6) is 2.34. The van der Waals surface area contributed by atoms with E-state index in [-0.39, 0.29) is 6.04 Å². The van der Waals surface area contributed by atoms with E-state index in [1.165, 1.54) is 0 Å². The van der Waals surface area contributed by atoms with Crippen molar-refractivity contribution < 1.29 is 4.74 Å². The Morgan fingerprint density at radius 3 is 2.95 bits per heavy atom.